The van der Waals surface area contributed by atoms with Gasteiger partial charge in [0.15, 0.2) is 0 Å². The van der Waals surface area contributed by atoms with Crippen LogP contribution in [0.25, 0.3) is 11.1 Å². The summed E-state index contributed by atoms with van der Waals surface area (Å²) >= 11 is 1.21. The highest BCUT2D eigenvalue weighted by Gasteiger charge is 2.39. The minimum absolute atomic E-state index is 0.0318. The summed E-state index contributed by atoms with van der Waals surface area (Å²) < 4.78 is 81.0. The molecule has 0 bridgehead atoms. The van der Waals surface area contributed by atoms with E-state index in [4.69, 9.17) is 0 Å². The lowest BCUT2D eigenvalue weighted by atomic mass is 10.00. The van der Waals surface area contributed by atoms with Crippen LogP contribution < -0.4 is 10.1 Å². The number of anilines is 1. The van der Waals surface area contributed by atoms with Gasteiger partial charge in [0.1, 0.15) is 5.75 Å². The number of rotatable bonds is 4. The molecule has 0 saturated carbocycles. The van der Waals surface area contributed by atoms with Crippen molar-refractivity contribution in [3.8, 4) is 16.9 Å². The van der Waals surface area contributed by atoms with Crippen LogP contribution in [0, 0.1) is 6.92 Å². The molecule has 158 valence electrons. The minimum atomic E-state index is -5.27. The first-order valence-corrected chi connectivity index (χ1v) is 9.25. The molecule has 0 aliphatic heterocycles. The summed E-state index contributed by atoms with van der Waals surface area (Å²) in [6.07, 6.45) is -10.4. The second kappa shape index (κ2) is 8.02. The van der Waals surface area contributed by atoms with Gasteiger partial charge in [-0.05, 0) is 47.7 Å². The van der Waals surface area contributed by atoms with Crippen LogP contribution in [0.3, 0.4) is 0 Å². The van der Waals surface area contributed by atoms with Crippen molar-refractivity contribution >= 4 is 22.9 Å². The van der Waals surface area contributed by atoms with Crippen molar-refractivity contribution in [3.63, 3.8) is 0 Å². The number of halogens is 6. The molecule has 3 aromatic rings. The summed E-state index contributed by atoms with van der Waals surface area (Å²) in [6, 6.07) is 10.0. The number of hydrogen-bond acceptors (Lipinski definition) is 3. The predicted molar refractivity (Wildman–Crippen MR) is 101 cm³/mol. The highest BCUT2D eigenvalue weighted by molar-refractivity contribution is 7.12. The standard InChI is InChI=1S/C20H13F6NO2S/c1-11-8-9-30-17(11)18(28)27-15-5-3-2-4-13(15)12-6-7-16(29-20(24,25)26)14(10-12)19(21,22)23/h2-10H,1H3,(H,27,28). The van der Waals surface area contributed by atoms with Gasteiger partial charge >= 0.3 is 12.5 Å². The maximum absolute atomic E-state index is 13.3. The van der Waals surface area contributed by atoms with Crippen molar-refractivity contribution < 1.29 is 35.9 Å². The van der Waals surface area contributed by atoms with Crippen LogP contribution in [0.5, 0.6) is 5.75 Å². The normalized spacial score (nSPS) is 12.0. The van der Waals surface area contributed by atoms with Gasteiger partial charge in [-0.2, -0.15) is 13.2 Å². The number of nitrogens with one attached hydrogen (secondary N) is 1. The molecule has 0 atom stereocenters. The van der Waals surface area contributed by atoms with Gasteiger partial charge in [0, 0.05) is 11.3 Å². The lowest BCUT2D eigenvalue weighted by molar-refractivity contribution is -0.276. The number of amides is 1. The largest absolute Gasteiger partial charge is 0.573 e. The second-order valence-corrected chi connectivity index (χ2v) is 7.11. The number of hydrogen-bond donors (Lipinski definition) is 1. The number of carbonyl (C=O) groups is 1. The van der Waals surface area contributed by atoms with E-state index in [-0.39, 0.29) is 16.8 Å². The lowest BCUT2D eigenvalue weighted by Crippen LogP contribution is -2.20. The van der Waals surface area contributed by atoms with Gasteiger partial charge in [0.2, 0.25) is 0 Å². The van der Waals surface area contributed by atoms with Gasteiger partial charge in [-0.1, -0.05) is 24.3 Å². The summed E-state index contributed by atoms with van der Waals surface area (Å²) in [5.41, 5.74) is -0.441. The highest BCUT2D eigenvalue weighted by atomic mass is 32.1. The van der Waals surface area contributed by atoms with Gasteiger partial charge in [-0.25, -0.2) is 0 Å². The third kappa shape index (κ3) is 4.93. The predicted octanol–water partition coefficient (Wildman–Crippen LogP) is 6.89. The molecule has 1 aromatic heterocycles. The van der Waals surface area contributed by atoms with Gasteiger partial charge in [-0.3, -0.25) is 4.79 Å². The Balaban J connectivity index is 2.02. The first-order valence-electron chi connectivity index (χ1n) is 8.37. The summed E-state index contributed by atoms with van der Waals surface area (Å²) in [4.78, 5) is 12.9. The molecule has 1 N–H and O–H groups in total. The number of carbonyl (C=O) groups excluding carboxylic acids is 1. The van der Waals surface area contributed by atoms with Gasteiger partial charge in [0.25, 0.3) is 5.91 Å². The average molecular weight is 445 g/mol. The van der Waals surface area contributed by atoms with Gasteiger partial charge in [-0.15, -0.1) is 24.5 Å². The third-order valence-corrected chi connectivity index (χ3v) is 5.08. The Kier molecular flexibility index (Phi) is 5.80. The van der Waals surface area contributed by atoms with Crippen molar-refractivity contribution in [1.82, 2.24) is 0 Å². The number of aryl methyl sites for hydroxylation is 1. The van der Waals surface area contributed by atoms with Crippen LogP contribution in [0.4, 0.5) is 32.0 Å². The maximum atomic E-state index is 13.3. The summed E-state index contributed by atoms with van der Waals surface area (Å²) in [5.74, 6) is -1.79. The van der Waals surface area contributed by atoms with Crippen molar-refractivity contribution in [2.75, 3.05) is 5.32 Å². The smallest absolute Gasteiger partial charge is 0.405 e. The first-order chi connectivity index (χ1) is 14.0. The molecule has 0 spiro atoms. The number of para-hydroxylation sites is 1. The van der Waals surface area contributed by atoms with E-state index in [0.29, 0.717) is 17.0 Å². The van der Waals surface area contributed by atoms with E-state index >= 15 is 0 Å². The number of benzene rings is 2. The minimum Gasteiger partial charge on any atom is -0.405 e. The monoisotopic (exact) mass is 445 g/mol. The molecule has 1 heterocycles. The summed E-state index contributed by atoms with van der Waals surface area (Å²) in [7, 11) is 0. The van der Waals surface area contributed by atoms with Crippen LogP contribution in [-0.4, -0.2) is 12.3 Å². The van der Waals surface area contributed by atoms with E-state index in [9.17, 15) is 31.1 Å². The Morgan fingerprint density at radius 3 is 2.30 bits per heavy atom. The molecule has 0 radical (unpaired) electrons. The van der Waals surface area contributed by atoms with E-state index in [1.807, 2.05) is 0 Å². The van der Waals surface area contributed by atoms with Crippen LogP contribution in [0.1, 0.15) is 20.8 Å². The zero-order chi connectivity index (χ0) is 22.1. The van der Waals surface area contributed by atoms with E-state index < -0.39 is 29.8 Å². The Hall–Kier alpha value is -3.01. The molecule has 0 saturated heterocycles. The second-order valence-electron chi connectivity index (χ2n) is 6.19. The van der Waals surface area contributed by atoms with Crippen LogP contribution >= 0.6 is 11.3 Å². The van der Waals surface area contributed by atoms with E-state index in [0.717, 1.165) is 11.6 Å². The van der Waals surface area contributed by atoms with Crippen molar-refractivity contribution in [1.29, 1.82) is 0 Å². The molecule has 1 amide bonds. The molecule has 0 aliphatic rings. The molecule has 30 heavy (non-hydrogen) atoms. The van der Waals surface area contributed by atoms with Crippen LogP contribution in [0.15, 0.2) is 53.9 Å². The molecule has 2 aromatic carbocycles. The first kappa shape index (κ1) is 21.7. The molecule has 3 nitrogen and oxygen atoms in total. The molecule has 0 unspecified atom stereocenters. The third-order valence-electron chi connectivity index (χ3n) is 4.07. The topological polar surface area (TPSA) is 38.3 Å². The molecule has 10 heteroatoms. The fourth-order valence-electron chi connectivity index (χ4n) is 2.76. The van der Waals surface area contributed by atoms with Gasteiger partial charge < -0.3 is 10.1 Å². The molecular formula is C20H13F6NO2S. The maximum Gasteiger partial charge on any atom is 0.573 e. The number of alkyl halides is 6. The molecular weight excluding hydrogens is 432 g/mol. The van der Waals surface area contributed by atoms with Crippen LogP contribution in [-0.2, 0) is 6.18 Å². The van der Waals surface area contributed by atoms with E-state index in [1.165, 1.54) is 29.5 Å². The zero-order valence-corrected chi connectivity index (χ0v) is 16.0. The fourth-order valence-corrected chi connectivity index (χ4v) is 3.58. The Labute approximate surface area is 170 Å². The highest BCUT2D eigenvalue weighted by Crippen LogP contribution is 2.41. The van der Waals surface area contributed by atoms with Crippen LogP contribution in [0.2, 0.25) is 0 Å². The number of thiophene rings is 1. The Morgan fingerprint density at radius 1 is 1.00 bits per heavy atom. The fraction of sp³-hybridized carbons (Fsp3) is 0.150. The molecule has 3 rings (SSSR count). The molecule has 0 fully saturated rings. The zero-order valence-electron chi connectivity index (χ0n) is 15.2. The van der Waals surface area contributed by atoms with Crippen molar-refractivity contribution in [2.45, 2.75) is 19.5 Å². The van der Waals surface area contributed by atoms with E-state index in [2.05, 4.69) is 10.1 Å². The van der Waals surface area contributed by atoms with Crippen molar-refractivity contribution in [3.05, 3.63) is 69.9 Å². The average Bonchev–Trinajstić information content (AvgIpc) is 3.06. The lowest BCUT2D eigenvalue weighted by Gasteiger charge is -2.17. The quantitative estimate of drug-likeness (QED) is 0.444. The summed E-state index contributed by atoms with van der Waals surface area (Å²) in [5, 5.41) is 4.37. The molecule has 0 aliphatic carbocycles. The Bertz CT molecular complexity index is 1070. The Morgan fingerprint density at radius 2 is 1.70 bits per heavy atom. The van der Waals surface area contributed by atoms with Crippen molar-refractivity contribution in [2.24, 2.45) is 0 Å². The van der Waals surface area contributed by atoms with E-state index in [1.54, 1.807) is 24.4 Å². The van der Waals surface area contributed by atoms with Gasteiger partial charge in [0.05, 0.1) is 10.4 Å². The number of ether oxygens (including phenoxy) is 1. The SMILES string of the molecule is Cc1ccsc1C(=O)Nc1ccccc1-c1ccc(OC(F)(F)F)c(C(F)(F)F)c1. The summed E-state index contributed by atoms with van der Waals surface area (Å²) in [6.45, 7) is 1.74.